The summed E-state index contributed by atoms with van der Waals surface area (Å²) < 4.78 is 0. The Hall–Kier alpha value is -0.120. The van der Waals surface area contributed by atoms with Crippen LogP contribution in [0.4, 0.5) is 0 Å². The fourth-order valence-electron chi connectivity index (χ4n) is 2.45. The molecule has 0 aromatic heterocycles. The number of hydrogen-bond acceptors (Lipinski definition) is 3. The number of hydrogen-bond donors (Lipinski definition) is 2. The number of likely N-dealkylation sites (tertiary alicyclic amines) is 1. The highest BCUT2D eigenvalue weighted by molar-refractivity contribution is 4.76. The van der Waals surface area contributed by atoms with Crippen LogP contribution >= 0.6 is 0 Å². The summed E-state index contributed by atoms with van der Waals surface area (Å²) in [5.41, 5.74) is -0.231. The molecule has 1 heterocycles. The summed E-state index contributed by atoms with van der Waals surface area (Å²) in [6, 6.07) is 0. The molecule has 0 unspecified atom stereocenters. The van der Waals surface area contributed by atoms with Crippen molar-refractivity contribution in [3.8, 4) is 0 Å². The first-order valence-corrected chi connectivity index (χ1v) is 6.70. The van der Waals surface area contributed by atoms with Crippen molar-refractivity contribution in [3.63, 3.8) is 0 Å². The van der Waals surface area contributed by atoms with Crippen molar-refractivity contribution >= 4 is 0 Å². The predicted octanol–water partition coefficient (Wildman–Crippen LogP) is 1.63. The molecule has 0 atom stereocenters. The fraction of sp³-hybridized carbons (Fsp3) is 1.00. The first-order valence-electron chi connectivity index (χ1n) is 6.70. The van der Waals surface area contributed by atoms with Gasteiger partial charge in [0.05, 0.1) is 13.2 Å². The number of aliphatic hydroxyl groups excluding tert-OH is 2. The molecule has 0 aliphatic carbocycles. The second-order valence-corrected chi connectivity index (χ2v) is 5.18. The Morgan fingerprint density at radius 1 is 1.06 bits per heavy atom. The third-order valence-corrected chi connectivity index (χ3v) is 4.05. The van der Waals surface area contributed by atoms with Gasteiger partial charge in [0.1, 0.15) is 0 Å². The molecule has 1 fully saturated rings. The van der Waals surface area contributed by atoms with Crippen molar-refractivity contribution in [1.29, 1.82) is 0 Å². The summed E-state index contributed by atoms with van der Waals surface area (Å²) in [6.45, 7) is 5.99. The second kappa shape index (κ2) is 7.25. The van der Waals surface area contributed by atoms with Crippen molar-refractivity contribution in [2.45, 2.75) is 45.4 Å². The van der Waals surface area contributed by atoms with E-state index in [-0.39, 0.29) is 18.6 Å². The minimum atomic E-state index is -0.231. The van der Waals surface area contributed by atoms with Gasteiger partial charge in [0, 0.05) is 5.41 Å². The SMILES string of the molecule is CCC(CO)(CO)CCCCN1CCCC1. The Bertz CT molecular complexity index is 167. The fourth-order valence-corrected chi connectivity index (χ4v) is 2.45. The van der Waals surface area contributed by atoms with Gasteiger partial charge in [-0.2, -0.15) is 0 Å². The lowest BCUT2D eigenvalue weighted by atomic mass is 9.82. The monoisotopic (exact) mass is 229 g/mol. The molecule has 1 rings (SSSR count). The molecule has 1 aliphatic heterocycles. The third-order valence-electron chi connectivity index (χ3n) is 4.05. The molecule has 3 heteroatoms. The predicted molar refractivity (Wildman–Crippen MR) is 66.4 cm³/mol. The van der Waals surface area contributed by atoms with Gasteiger partial charge < -0.3 is 15.1 Å². The van der Waals surface area contributed by atoms with Crippen molar-refractivity contribution < 1.29 is 10.2 Å². The van der Waals surface area contributed by atoms with Gasteiger partial charge in [-0.3, -0.25) is 0 Å². The Labute approximate surface area is 99.5 Å². The van der Waals surface area contributed by atoms with E-state index >= 15 is 0 Å². The average Bonchev–Trinajstić information content (AvgIpc) is 2.83. The summed E-state index contributed by atoms with van der Waals surface area (Å²) in [5.74, 6) is 0. The van der Waals surface area contributed by atoms with E-state index < -0.39 is 0 Å². The number of nitrogens with zero attached hydrogens (tertiary/aromatic N) is 1. The number of unbranched alkanes of at least 4 members (excludes halogenated alkanes) is 1. The minimum absolute atomic E-state index is 0.115. The van der Waals surface area contributed by atoms with Gasteiger partial charge in [0.15, 0.2) is 0 Å². The Kier molecular flexibility index (Phi) is 6.32. The summed E-state index contributed by atoms with van der Waals surface area (Å²) in [6.07, 6.45) is 6.83. The molecule has 2 N–H and O–H groups in total. The highest BCUT2D eigenvalue weighted by atomic mass is 16.3. The quantitative estimate of drug-likeness (QED) is 0.622. The van der Waals surface area contributed by atoms with E-state index in [1.165, 1.54) is 38.9 Å². The van der Waals surface area contributed by atoms with Crippen LogP contribution in [-0.2, 0) is 0 Å². The largest absolute Gasteiger partial charge is 0.396 e. The van der Waals surface area contributed by atoms with Gasteiger partial charge in [-0.1, -0.05) is 13.3 Å². The minimum Gasteiger partial charge on any atom is -0.396 e. The van der Waals surface area contributed by atoms with Crippen molar-refractivity contribution in [3.05, 3.63) is 0 Å². The Morgan fingerprint density at radius 2 is 1.69 bits per heavy atom. The van der Waals surface area contributed by atoms with Gasteiger partial charge in [-0.15, -0.1) is 0 Å². The topological polar surface area (TPSA) is 43.7 Å². The molecule has 0 bridgehead atoms. The lowest BCUT2D eigenvalue weighted by Gasteiger charge is -2.28. The molecule has 96 valence electrons. The normalized spacial score (nSPS) is 18.2. The molecule has 16 heavy (non-hydrogen) atoms. The van der Waals surface area contributed by atoms with Crippen LogP contribution in [0.5, 0.6) is 0 Å². The van der Waals surface area contributed by atoms with E-state index in [1.54, 1.807) is 0 Å². The van der Waals surface area contributed by atoms with E-state index in [2.05, 4.69) is 4.90 Å². The van der Waals surface area contributed by atoms with E-state index in [4.69, 9.17) is 0 Å². The second-order valence-electron chi connectivity index (χ2n) is 5.18. The molecule has 0 radical (unpaired) electrons. The van der Waals surface area contributed by atoms with Crippen LogP contribution in [0.1, 0.15) is 45.4 Å². The van der Waals surface area contributed by atoms with Gasteiger partial charge in [0.25, 0.3) is 0 Å². The lowest BCUT2D eigenvalue weighted by molar-refractivity contribution is 0.0412. The third kappa shape index (κ3) is 4.04. The van der Waals surface area contributed by atoms with Crippen LogP contribution in [0.25, 0.3) is 0 Å². The highest BCUT2D eigenvalue weighted by Gasteiger charge is 2.25. The Morgan fingerprint density at radius 3 is 2.19 bits per heavy atom. The van der Waals surface area contributed by atoms with Crippen LogP contribution in [0.2, 0.25) is 0 Å². The zero-order valence-electron chi connectivity index (χ0n) is 10.6. The first kappa shape index (κ1) is 13.9. The van der Waals surface area contributed by atoms with Crippen molar-refractivity contribution in [2.75, 3.05) is 32.8 Å². The van der Waals surface area contributed by atoms with Gasteiger partial charge >= 0.3 is 0 Å². The number of rotatable bonds is 8. The Balaban J connectivity index is 2.12. The maximum atomic E-state index is 9.32. The molecule has 0 saturated carbocycles. The smallest absolute Gasteiger partial charge is 0.0509 e. The molecule has 0 aromatic carbocycles. The molecular weight excluding hydrogens is 202 g/mol. The van der Waals surface area contributed by atoms with Gasteiger partial charge in [-0.25, -0.2) is 0 Å². The first-order chi connectivity index (χ1) is 7.76. The summed E-state index contributed by atoms with van der Waals surface area (Å²) >= 11 is 0. The maximum absolute atomic E-state index is 9.32. The standard InChI is InChI=1S/C13H27NO2/c1-2-13(11-15,12-16)7-3-4-8-14-9-5-6-10-14/h15-16H,2-12H2,1H3. The van der Waals surface area contributed by atoms with E-state index in [9.17, 15) is 10.2 Å². The molecule has 3 nitrogen and oxygen atoms in total. The lowest BCUT2D eigenvalue weighted by Crippen LogP contribution is -2.29. The van der Waals surface area contributed by atoms with Crippen LogP contribution in [0.3, 0.4) is 0 Å². The van der Waals surface area contributed by atoms with E-state index in [0.717, 1.165) is 19.3 Å². The van der Waals surface area contributed by atoms with Gasteiger partial charge in [0.2, 0.25) is 0 Å². The van der Waals surface area contributed by atoms with E-state index in [1.807, 2.05) is 6.92 Å². The summed E-state index contributed by atoms with van der Waals surface area (Å²) in [7, 11) is 0. The van der Waals surface area contributed by atoms with Crippen LogP contribution < -0.4 is 0 Å². The summed E-state index contributed by atoms with van der Waals surface area (Å²) in [5, 5.41) is 18.6. The molecule has 0 amide bonds. The zero-order chi connectivity index (χ0) is 11.9. The summed E-state index contributed by atoms with van der Waals surface area (Å²) in [4.78, 5) is 2.52. The molecule has 0 spiro atoms. The molecule has 1 aliphatic rings. The maximum Gasteiger partial charge on any atom is 0.0509 e. The molecule has 1 saturated heterocycles. The van der Waals surface area contributed by atoms with Crippen LogP contribution in [-0.4, -0.2) is 48.0 Å². The molecule has 0 aromatic rings. The van der Waals surface area contributed by atoms with Gasteiger partial charge in [-0.05, 0) is 51.7 Å². The number of aliphatic hydroxyl groups is 2. The van der Waals surface area contributed by atoms with Crippen molar-refractivity contribution in [1.82, 2.24) is 4.90 Å². The van der Waals surface area contributed by atoms with Crippen LogP contribution in [0.15, 0.2) is 0 Å². The molecular formula is C13H27NO2. The van der Waals surface area contributed by atoms with Crippen LogP contribution in [0, 0.1) is 5.41 Å². The van der Waals surface area contributed by atoms with E-state index in [0.29, 0.717) is 0 Å². The average molecular weight is 229 g/mol. The zero-order valence-corrected chi connectivity index (χ0v) is 10.6. The highest BCUT2D eigenvalue weighted by Crippen LogP contribution is 2.27. The van der Waals surface area contributed by atoms with Crippen molar-refractivity contribution in [2.24, 2.45) is 5.41 Å².